The van der Waals surface area contributed by atoms with Crippen LogP contribution in [-0.2, 0) is 11.8 Å². The molecule has 1 aliphatic heterocycles. The van der Waals surface area contributed by atoms with Crippen molar-refractivity contribution in [2.75, 3.05) is 19.6 Å². The second kappa shape index (κ2) is 6.37. The Labute approximate surface area is 134 Å². The Morgan fingerprint density at radius 3 is 2.78 bits per heavy atom. The third-order valence-electron chi connectivity index (χ3n) is 4.28. The maximum absolute atomic E-state index is 12.5. The number of amides is 1. The number of nitrogens with two attached hydrogens (primary N) is 1. The average molecular weight is 315 g/mol. The maximum atomic E-state index is 12.5. The van der Waals surface area contributed by atoms with Crippen LogP contribution in [0, 0.1) is 0 Å². The van der Waals surface area contributed by atoms with Crippen LogP contribution in [0.4, 0.5) is 0 Å². The van der Waals surface area contributed by atoms with Crippen molar-refractivity contribution in [3.05, 3.63) is 46.6 Å². The first-order valence-electron chi connectivity index (χ1n) is 7.81. The van der Waals surface area contributed by atoms with Crippen LogP contribution in [0.25, 0.3) is 5.69 Å². The lowest BCUT2D eigenvalue weighted by molar-refractivity contribution is -0.130. The summed E-state index contributed by atoms with van der Waals surface area (Å²) in [6.07, 6.45) is 1.79. The second-order valence-electron chi connectivity index (χ2n) is 5.82. The summed E-state index contributed by atoms with van der Waals surface area (Å²) in [6, 6.07) is 9.47. The molecule has 0 bridgehead atoms. The van der Waals surface area contributed by atoms with Gasteiger partial charge in [0.2, 0.25) is 5.91 Å². The summed E-state index contributed by atoms with van der Waals surface area (Å²) in [5.74, 6) is 0.686. The van der Waals surface area contributed by atoms with Crippen LogP contribution < -0.4 is 11.4 Å². The van der Waals surface area contributed by atoms with Gasteiger partial charge in [0.15, 0.2) is 0 Å². The topological polar surface area (TPSA) is 86.2 Å². The number of aromatic nitrogens is 3. The van der Waals surface area contributed by atoms with Crippen LogP contribution in [-0.4, -0.2) is 44.8 Å². The van der Waals surface area contributed by atoms with Crippen molar-refractivity contribution < 1.29 is 4.79 Å². The van der Waals surface area contributed by atoms with E-state index >= 15 is 0 Å². The normalized spacial score (nSPS) is 18.2. The number of para-hydroxylation sites is 1. The maximum Gasteiger partial charge on any atom is 0.350 e. The Bertz CT molecular complexity index is 750. The van der Waals surface area contributed by atoms with Crippen LogP contribution >= 0.6 is 0 Å². The van der Waals surface area contributed by atoms with Gasteiger partial charge < -0.3 is 10.6 Å². The van der Waals surface area contributed by atoms with Crippen LogP contribution in [0.2, 0.25) is 0 Å². The van der Waals surface area contributed by atoms with Gasteiger partial charge in [0, 0.05) is 26.1 Å². The van der Waals surface area contributed by atoms with Crippen molar-refractivity contribution in [2.45, 2.75) is 18.8 Å². The highest BCUT2D eigenvalue weighted by atomic mass is 16.2. The minimum atomic E-state index is -0.173. The highest BCUT2D eigenvalue weighted by molar-refractivity contribution is 5.78. The van der Waals surface area contributed by atoms with Gasteiger partial charge in [-0.2, -0.15) is 5.10 Å². The number of piperidine rings is 1. The van der Waals surface area contributed by atoms with E-state index in [2.05, 4.69) is 5.10 Å². The molecule has 0 saturated carbocycles. The molecule has 7 nitrogen and oxygen atoms in total. The minimum Gasteiger partial charge on any atom is -0.341 e. The number of rotatable bonds is 3. The first-order valence-corrected chi connectivity index (χ1v) is 7.81. The molecule has 1 amide bonds. The molecule has 3 rings (SSSR count). The Kier molecular flexibility index (Phi) is 4.29. The monoisotopic (exact) mass is 315 g/mol. The number of nitrogens with zero attached hydrogens (tertiary/aromatic N) is 4. The molecule has 0 spiro atoms. The van der Waals surface area contributed by atoms with Crippen LogP contribution in [0.15, 0.2) is 35.1 Å². The summed E-state index contributed by atoms with van der Waals surface area (Å²) in [5.41, 5.74) is 6.09. The molecule has 1 aliphatic rings. The Morgan fingerprint density at radius 1 is 1.35 bits per heavy atom. The molecule has 0 radical (unpaired) electrons. The number of benzene rings is 1. The van der Waals surface area contributed by atoms with Crippen molar-refractivity contribution in [3.63, 3.8) is 0 Å². The smallest absolute Gasteiger partial charge is 0.341 e. The molecule has 23 heavy (non-hydrogen) atoms. The van der Waals surface area contributed by atoms with Gasteiger partial charge in [-0.25, -0.2) is 14.0 Å². The van der Waals surface area contributed by atoms with Gasteiger partial charge in [-0.05, 0) is 25.0 Å². The number of hydrogen-bond acceptors (Lipinski definition) is 4. The lowest BCUT2D eigenvalue weighted by Gasteiger charge is -2.32. The van der Waals surface area contributed by atoms with Crippen LogP contribution in [0.3, 0.4) is 0 Å². The predicted octanol–water partition coefficient (Wildman–Crippen LogP) is 0.236. The highest BCUT2D eigenvalue weighted by Crippen LogP contribution is 2.26. The molecule has 1 saturated heterocycles. The highest BCUT2D eigenvalue weighted by Gasteiger charge is 2.29. The first-order chi connectivity index (χ1) is 11.1. The van der Waals surface area contributed by atoms with Gasteiger partial charge in [-0.15, -0.1) is 0 Å². The van der Waals surface area contributed by atoms with Crippen molar-refractivity contribution in [1.29, 1.82) is 0 Å². The Hall–Kier alpha value is -2.41. The van der Waals surface area contributed by atoms with Gasteiger partial charge in [-0.3, -0.25) is 4.79 Å². The van der Waals surface area contributed by atoms with Crippen molar-refractivity contribution in [1.82, 2.24) is 19.2 Å². The van der Waals surface area contributed by atoms with E-state index in [-0.39, 0.29) is 24.1 Å². The van der Waals surface area contributed by atoms with Crippen molar-refractivity contribution in [2.24, 2.45) is 12.8 Å². The summed E-state index contributed by atoms with van der Waals surface area (Å²) in [7, 11) is 1.65. The van der Waals surface area contributed by atoms with E-state index in [1.165, 1.54) is 4.68 Å². The summed E-state index contributed by atoms with van der Waals surface area (Å²) in [4.78, 5) is 26.1. The molecule has 2 heterocycles. The molecule has 2 aromatic rings. The fraction of sp³-hybridized carbons (Fsp3) is 0.438. The van der Waals surface area contributed by atoms with E-state index in [0.29, 0.717) is 12.4 Å². The quantitative estimate of drug-likeness (QED) is 0.879. The number of likely N-dealkylation sites (tertiary alicyclic amines) is 1. The van der Waals surface area contributed by atoms with Gasteiger partial charge >= 0.3 is 5.69 Å². The molecule has 1 atom stereocenters. The largest absolute Gasteiger partial charge is 0.350 e. The summed E-state index contributed by atoms with van der Waals surface area (Å²) >= 11 is 0. The van der Waals surface area contributed by atoms with E-state index in [9.17, 15) is 9.59 Å². The average Bonchev–Trinajstić information content (AvgIpc) is 2.90. The molecule has 122 valence electrons. The Balaban J connectivity index is 1.99. The second-order valence-corrected chi connectivity index (χ2v) is 5.82. The molecular weight excluding hydrogens is 294 g/mol. The molecule has 1 fully saturated rings. The molecule has 7 heteroatoms. The first kappa shape index (κ1) is 15.5. The van der Waals surface area contributed by atoms with Crippen LogP contribution in [0.1, 0.15) is 24.6 Å². The van der Waals surface area contributed by atoms with E-state index in [1.54, 1.807) is 16.5 Å². The van der Waals surface area contributed by atoms with E-state index in [4.69, 9.17) is 5.73 Å². The van der Waals surface area contributed by atoms with Gasteiger partial charge in [-0.1, -0.05) is 18.2 Å². The standard InChI is InChI=1S/C16H21N5O2/c1-19-16(23)21(13-7-3-2-4-8-13)15(18-19)12-6-5-9-20(11-12)14(22)10-17/h2-4,7-8,12H,5-6,9-11,17H2,1H3/t12-/m1/s1. The number of carbonyl (C=O) groups is 1. The zero-order valence-corrected chi connectivity index (χ0v) is 13.2. The fourth-order valence-corrected chi connectivity index (χ4v) is 3.11. The van der Waals surface area contributed by atoms with E-state index in [1.807, 2.05) is 30.3 Å². The molecule has 2 N–H and O–H groups in total. The number of aryl methyl sites for hydroxylation is 1. The molecule has 0 unspecified atom stereocenters. The predicted molar refractivity (Wildman–Crippen MR) is 86.4 cm³/mol. The molecule has 1 aromatic heterocycles. The lowest BCUT2D eigenvalue weighted by Crippen LogP contribution is -2.42. The third kappa shape index (κ3) is 2.92. The SMILES string of the molecule is Cn1nc([C@@H]2CCCN(C(=O)CN)C2)n(-c2ccccc2)c1=O. The fourth-order valence-electron chi connectivity index (χ4n) is 3.11. The van der Waals surface area contributed by atoms with Crippen LogP contribution in [0.5, 0.6) is 0 Å². The lowest BCUT2D eigenvalue weighted by atomic mass is 9.97. The summed E-state index contributed by atoms with van der Waals surface area (Å²) in [5, 5.41) is 4.43. The zero-order valence-electron chi connectivity index (χ0n) is 13.2. The minimum absolute atomic E-state index is 0.0143. The van der Waals surface area contributed by atoms with Gasteiger partial charge in [0.25, 0.3) is 0 Å². The van der Waals surface area contributed by atoms with E-state index in [0.717, 1.165) is 25.1 Å². The van der Waals surface area contributed by atoms with Crippen molar-refractivity contribution >= 4 is 5.91 Å². The third-order valence-corrected chi connectivity index (χ3v) is 4.28. The molecule has 1 aromatic carbocycles. The molecular formula is C16H21N5O2. The summed E-state index contributed by atoms with van der Waals surface area (Å²) < 4.78 is 2.99. The van der Waals surface area contributed by atoms with E-state index < -0.39 is 0 Å². The van der Waals surface area contributed by atoms with Gasteiger partial charge in [0.1, 0.15) is 5.82 Å². The zero-order chi connectivity index (χ0) is 16.4. The number of hydrogen-bond donors (Lipinski definition) is 1. The Morgan fingerprint density at radius 2 is 2.09 bits per heavy atom. The summed E-state index contributed by atoms with van der Waals surface area (Å²) in [6.45, 7) is 1.29. The van der Waals surface area contributed by atoms with Crippen molar-refractivity contribution in [3.8, 4) is 5.69 Å². The molecule has 0 aliphatic carbocycles. The van der Waals surface area contributed by atoms with Gasteiger partial charge in [0.05, 0.1) is 12.2 Å². The number of carbonyl (C=O) groups excluding carboxylic acids is 1.